The average Bonchev–Trinajstić information content (AvgIpc) is 2.53. The first-order chi connectivity index (χ1) is 12.1. The van der Waals surface area contributed by atoms with Gasteiger partial charge in [0.05, 0.1) is 10.9 Å². The van der Waals surface area contributed by atoms with E-state index in [0.29, 0.717) is 10.6 Å². The molecule has 0 heterocycles. The number of carbonyl (C=O) groups excluding carboxylic acids is 1. The highest BCUT2D eigenvalue weighted by Crippen LogP contribution is 2.29. The third kappa shape index (κ3) is 4.92. The van der Waals surface area contributed by atoms with Gasteiger partial charge < -0.3 is 10.6 Å². The fraction of sp³-hybridized carbons (Fsp3) is 0.235. The molecule has 0 aromatic heterocycles. The van der Waals surface area contributed by atoms with Crippen molar-refractivity contribution in [3.63, 3.8) is 0 Å². The number of hydrogen-bond donors (Lipinski definition) is 2. The van der Waals surface area contributed by atoms with Crippen molar-refractivity contribution in [1.82, 2.24) is 5.32 Å². The van der Waals surface area contributed by atoms with Gasteiger partial charge in [0.25, 0.3) is 6.43 Å². The minimum Gasteiger partial charge on any atom is -0.331 e. The summed E-state index contributed by atoms with van der Waals surface area (Å²) < 4.78 is 49.4. The summed E-state index contributed by atoms with van der Waals surface area (Å²) in [5.41, 5.74) is 0.0889. The Morgan fingerprint density at radius 1 is 1.12 bits per heavy atom. The molecule has 2 rings (SSSR count). The van der Waals surface area contributed by atoms with E-state index in [-0.39, 0.29) is 5.69 Å². The Morgan fingerprint density at radius 2 is 1.77 bits per heavy atom. The minimum absolute atomic E-state index is 0.0524. The van der Waals surface area contributed by atoms with Crippen LogP contribution < -0.4 is 10.6 Å². The number of benzene rings is 2. The molecule has 0 fully saturated rings. The molecule has 0 radical (unpaired) electrons. The van der Waals surface area contributed by atoms with Crippen molar-refractivity contribution in [3.8, 4) is 0 Å². The van der Waals surface area contributed by atoms with Gasteiger partial charge in [-0.3, -0.25) is 0 Å². The summed E-state index contributed by atoms with van der Waals surface area (Å²) in [6, 6.07) is 9.16. The maximum Gasteiger partial charge on any atom is 0.319 e. The second-order valence-electron chi connectivity index (χ2n) is 5.67. The van der Waals surface area contributed by atoms with Crippen molar-refractivity contribution < 1.29 is 22.0 Å². The summed E-state index contributed by atoms with van der Waals surface area (Å²) in [5.74, 6) is 0. The van der Waals surface area contributed by atoms with Gasteiger partial charge in [0, 0.05) is 22.5 Å². The van der Waals surface area contributed by atoms with Gasteiger partial charge in [0.1, 0.15) is 0 Å². The van der Waals surface area contributed by atoms with E-state index in [4.69, 9.17) is 11.6 Å². The van der Waals surface area contributed by atoms with E-state index in [1.54, 1.807) is 31.2 Å². The lowest BCUT2D eigenvalue weighted by molar-refractivity contribution is 0.148. The lowest BCUT2D eigenvalue weighted by Gasteiger charge is -2.17. The molecule has 0 saturated heterocycles. The molecule has 0 aliphatic rings. The third-order valence-corrected chi connectivity index (χ3v) is 5.14. The molecule has 2 aromatic rings. The third-order valence-electron chi connectivity index (χ3n) is 3.62. The second-order valence-corrected chi connectivity index (χ2v) is 8.06. The highest BCUT2D eigenvalue weighted by atomic mass is 35.5. The molecule has 9 heteroatoms. The largest absolute Gasteiger partial charge is 0.331 e. The summed E-state index contributed by atoms with van der Waals surface area (Å²) in [6.45, 7) is 1.72. The summed E-state index contributed by atoms with van der Waals surface area (Å²) in [5, 5.41) is 5.54. The first kappa shape index (κ1) is 20.1. The van der Waals surface area contributed by atoms with Crippen LogP contribution in [0.5, 0.6) is 0 Å². The van der Waals surface area contributed by atoms with Crippen molar-refractivity contribution >= 4 is 33.2 Å². The van der Waals surface area contributed by atoms with Crippen LogP contribution in [0.15, 0.2) is 47.4 Å². The number of hydrogen-bond acceptors (Lipinski definition) is 3. The molecule has 140 valence electrons. The monoisotopic (exact) mass is 402 g/mol. The van der Waals surface area contributed by atoms with Crippen LogP contribution in [-0.4, -0.2) is 20.7 Å². The van der Waals surface area contributed by atoms with Crippen LogP contribution in [0.2, 0.25) is 5.02 Å². The van der Waals surface area contributed by atoms with Crippen LogP contribution >= 0.6 is 11.6 Å². The van der Waals surface area contributed by atoms with E-state index < -0.39 is 38.8 Å². The van der Waals surface area contributed by atoms with Crippen LogP contribution in [-0.2, 0) is 9.84 Å². The van der Waals surface area contributed by atoms with Crippen molar-refractivity contribution in [2.45, 2.75) is 24.3 Å². The summed E-state index contributed by atoms with van der Waals surface area (Å²) in [6.07, 6.45) is -2.15. The first-order valence-corrected chi connectivity index (χ1v) is 9.80. The van der Waals surface area contributed by atoms with Crippen molar-refractivity contribution in [2.75, 3.05) is 11.6 Å². The van der Waals surface area contributed by atoms with Gasteiger partial charge in [-0.2, -0.15) is 0 Å². The van der Waals surface area contributed by atoms with Crippen molar-refractivity contribution in [3.05, 3.63) is 58.6 Å². The van der Waals surface area contributed by atoms with Crippen LogP contribution in [0.4, 0.5) is 19.3 Å². The minimum atomic E-state index is -3.81. The summed E-state index contributed by atoms with van der Waals surface area (Å²) >= 11 is 6.07. The molecule has 0 bridgehead atoms. The lowest BCUT2D eigenvalue weighted by Crippen LogP contribution is -2.31. The van der Waals surface area contributed by atoms with E-state index in [1.807, 2.05) is 0 Å². The molecule has 26 heavy (non-hydrogen) atoms. The van der Waals surface area contributed by atoms with Gasteiger partial charge in [-0.15, -0.1) is 0 Å². The Morgan fingerprint density at radius 3 is 2.35 bits per heavy atom. The zero-order valence-electron chi connectivity index (χ0n) is 14.0. The quantitative estimate of drug-likeness (QED) is 0.769. The van der Waals surface area contributed by atoms with Crippen LogP contribution in [0, 0.1) is 0 Å². The van der Waals surface area contributed by atoms with E-state index in [2.05, 4.69) is 10.6 Å². The number of rotatable bonds is 5. The number of sulfone groups is 1. The molecule has 0 aliphatic carbocycles. The standard InChI is InChI=1S/C17H17ClF2N2O3S/c1-10(12-5-3-4-6-14(12)18)21-17(23)22-11-7-8-15(26(2,24)25)13(9-11)16(19)20/h3-10,16H,1-2H3,(H2,21,22,23)/t10-/m0/s1. The van der Waals surface area contributed by atoms with Crippen LogP contribution in [0.25, 0.3) is 0 Å². The Labute approximate surface area is 155 Å². The van der Waals surface area contributed by atoms with Crippen LogP contribution in [0.3, 0.4) is 0 Å². The highest BCUT2D eigenvalue weighted by Gasteiger charge is 2.21. The Hall–Kier alpha value is -2.19. The van der Waals surface area contributed by atoms with Gasteiger partial charge in [0.2, 0.25) is 0 Å². The maximum atomic E-state index is 13.1. The topological polar surface area (TPSA) is 75.3 Å². The molecule has 0 aliphatic heterocycles. The average molecular weight is 403 g/mol. The van der Waals surface area contributed by atoms with E-state index in [9.17, 15) is 22.0 Å². The van der Waals surface area contributed by atoms with Crippen LogP contribution in [0.1, 0.15) is 30.5 Å². The normalized spacial score (nSPS) is 12.7. The number of alkyl halides is 2. The molecule has 1 atom stereocenters. The van der Waals surface area contributed by atoms with Gasteiger partial charge in [-0.05, 0) is 36.8 Å². The van der Waals surface area contributed by atoms with Crippen molar-refractivity contribution in [1.29, 1.82) is 0 Å². The fourth-order valence-corrected chi connectivity index (χ4v) is 3.59. The Kier molecular flexibility index (Phi) is 6.20. The second kappa shape index (κ2) is 8.01. The summed E-state index contributed by atoms with van der Waals surface area (Å²) in [7, 11) is -3.81. The van der Waals surface area contributed by atoms with E-state index >= 15 is 0 Å². The van der Waals surface area contributed by atoms with E-state index in [1.165, 1.54) is 6.07 Å². The molecule has 0 unspecified atom stereocenters. The number of carbonyl (C=O) groups is 1. The number of halogens is 3. The zero-order chi connectivity index (χ0) is 19.5. The maximum absolute atomic E-state index is 13.1. The molecule has 2 aromatic carbocycles. The molecular formula is C17H17ClF2N2O3S. The number of anilines is 1. The van der Waals surface area contributed by atoms with Gasteiger partial charge in [-0.1, -0.05) is 29.8 Å². The smallest absolute Gasteiger partial charge is 0.319 e. The number of amides is 2. The molecule has 5 nitrogen and oxygen atoms in total. The van der Waals surface area contributed by atoms with Crippen molar-refractivity contribution in [2.24, 2.45) is 0 Å². The molecular weight excluding hydrogens is 386 g/mol. The first-order valence-electron chi connectivity index (χ1n) is 7.53. The lowest BCUT2D eigenvalue weighted by atomic mass is 10.1. The van der Waals surface area contributed by atoms with E-state index in [0.717, 1.165) is 18.4 Å². The summed E-state index contributed by atoms with van der Waals surface area (Å²) in [4.78, 5) is 11.6. The Bertz CT molecular complexity index is 920. The number of urea groups is 1. The van der Waals surface area contributed by atoms with Gasteiger partial charge in [0.15, 0.2) is 9.84 Å². The molecule has 2 amide bonds. The fourth-order valence-electron chi connectivity index (χ4n) is 2.40. The molecule has 0 saturated carbocycles. The molecule has 0 spiro atoms. The SMILES string of the molecule is C[C@H](NC(=O)Nc1ccc(S(C)(=O)=O)c(C(F)F)c1)c1ccccc1Cl. The van der Waals surface area contributed by atoms with Gasteiger partial charge >= 0.3 is 6.03 Å². The predicted octanol–water partition coefficient (Wildman–Crippen LogP) is 4.56. The zero-order valence-corrected chi connectivity index (χ0v) is 15.5. The molecule has 2 N–H and O–H groups in total. The predicted molar refractivity (Wildman–Crippen MR) is 96.5 cm³/mol. The number of nitrogens with one attached hydrogen (secondary N) is 2. The Balaban J connectivity index is 2.17. The highest BCUT2D eigenvalue weighted by molar-refractivity contribution is 7.90. The van der Waals surface area contributed by atoms with Gasteiger partial charge in [-0.25, -0.2) is 22.0 Å².